The molecule has 0 radical (unpaired) electrons. The fraction of sp³-hybridized carbons (Fsp3) is 0.588. The number of hydrogen-bond donors (Lipinski definition) is 2. The first kappa shape index (κ1) is 17.5. The Bertz CT molecular complexity index is 478. The lowest BCUT2D eigenvalue weighted by Gasteiger charge is -2.22. The molecule has 1 aromatic rings. The summed E-state index contributed by atoms with van der Waals surface area (Å²) in [5.41, 5.74) is 3.45. The molecule has 1 rings (SSSR count). The summed E-state index contributed by atoms with van der Waals surface area (Å²) < 4.78 is 5.23. The Morgan fingerprint density at radius 2 is 1.95 bits per heavy atom. The second-order valence-corrected chi connectivity index (χ2v) is 6.54. The molecule has 0 spiro atoms. The van der Waals surface area contributed by atoms with Crippen molar-refractivity contribution in [1.82, 2.24) is 10.6 Å². The lowest BCUT2D eigenvalue weighted by Crippen LogP contribution is -2.42. The van der Waals surface area contributed by atoms with Crippen molar-refractivity contribution in [2.75, 3.05) is 6.54 Å². The summed E-state index contributed by atoms with van der Waals surface area (Å²) in [6.07, 6.45) is -0.372. The van der Waals surface area contributed by atoms with Gasteiger partial charge in [-0.1, -0.05) is 18.2 Å². The summed E-state index contributed by atoms with van der Waals surface area (Å²) in [7, 11) is 0. The van der Waals surface area contributed by atoms with Gasteiger partial charge in [0.1, 0.15) is 5.60 Å². The van der Waals surface area contributed by atoms with E-state index >= 15 is 0 Å². The highest BCUT2D eigenvalue weighted by Crippen LogP contribution is 2.12. The molecule has 0 aliphatic carbocycles. The number of ether oxygens (including phenoxy) is 1. The van der Waals surface area contributed by atoms with Crippen molar-refractivity contribution < 1.29 is 9.53 Å². The number of alkyl carbamates (subject to hydrolysis) is 1. The SMILES string of the molecule is Cc1cccc(CNCC(C)NC(=O)OC(C)(C)C)c1C. The van der Waals surface area contributed by atoms with E-state index in [1.165, 1.54) is 16.7 Å². The summed E-state index contributed by atoms with van der Waals surface area (Å²) in [5, 5.41) is 6.19. The number of carbonyl (C=O) groups excluding carboxylic acids is 1. The van der Waals surface area contributed by atoms with Gasteiger partial charge in [0.15, 0.2) is 0 Å². The maximum absolute atomic E-state index is 11.6. The van der Waals surface area contributed by atoms with Crippen LogP contribution in [0.15, 0.2) is 18.2 Å². The number of hydrogen-bond acceptors (Lipinski definition) is 3. The van der Waals surface area contributed by atoms with E-state index in [-0.39, 0.29) is 12.1 Å². The topological polar surface area (TPSA) is 50.4 Å². The number of benzene rings is 1. The zero-order chi connectivity index (χ0) is 16.0. The fourth-order valence-electron chi connectivity index (χ4n) is 1.99. The molecular formula is C17H28N2O2. The van der Waals surface area contributed by atoms with Crippen molar-refractivity contribution in [1.29, 1.82) is 0 Å². The minimum Gasteiger partial charge on any atom is -0.444 e. The minimum atomic E-state index is -0.462. The Hall–Kier alpha value is -1.55. The van der Waals surface area contributed by atoms with Crippen LogP contribution < -0.4 is 10.6 Å². The van der Waals surface area contributed by atoms with Gasteiger partial charge in [-0.25, -0.2) is 4.79 Å². The molecule has 0 saturated carbocycles. The number of amides is 1. The first-order valence-corrected chi connectivity index (χ1v) is 7.44. The molecular weight excluding hydrogens is 264 g/mol. The maximum Gasteiger partial charge on any atom is 0.407 e. The van der Waals surface area contributed by atoms with Crippen LogP contribution in [0, 0.1) is 13.8 Å². The molecule has 1 aromatic carbocycles. The molecule has 0 fully saturated rings. The fourth-order valence-corrected chi connectivity index (χ4v) is 1.99. The third kappa shape index (κ3) is 6.63. The van der Waals surface area contributed by atoms with Crippen molar-refractivity contribution in [2.45, 2.75) is 59.7 Å². The molecule has 21 heavy (non-hydrogen) atoms. The van der Waals surface area contributed by atoms with Crippen LogP contribution in [-0.2, 0) is 11.3 Å². The van der Waals surface area contributed by atoms with Crippen LogP contribution in [0.3, 0.4) is 0 Å². The first-order chi connectivity index (χ1) is 9.69. The van der Waals surface area contributed by atoms with Crippen LogP contribution >= 0.6 is 0 Å². The van der Waals surface area contributed by atoms with E-state index in [9.17, 15) is 4.79 Å². The monoisotopic (exact) mass is 292 g/mol. The van der Waals surface area contributed by atoms with Crippen molar-refractivity contribution in [3.8, 4) is 0 Å². The highest BCUT2D eigenvalue weighted by atomic mass is 16.6. The lowest BCUT2D eigenvalue weighted by atomic mass is 10.0. The molecule has 1 unspecified atom stereocenters. The smallest absolute Gasteiger partial charge is 0.407 e. The van der Waals surface area contributed by atoms with E-state index in [1.807, 2.05) is 27.7 Å². The largest absolute Gasteiger partial charge is 0.444 e. The van der Waals surface area contributed by atoms with Crippen LogP contribution in [0.2, 0.25) is 0 Å². The second kappa shape index (κ2) is 7.46. The summed E-state index contributed by atoms with van der Waals surface area (Å²) in [6.45, 7) is 13.3. The van der Waals surface area contributed by atoms with Gasteiger partial charge >= 0.3 is 6.09 Å². The summed E-state index contributed by atoms with van der Waals surface area (Å²) in [6, 6.07) is 6.33. The van der Waals surface area contributed by atoms with E-state index in [0.717, 1.165) is 6.54 Å². The number of rotatable bonds is 5. The van der Waals surface area contributed by atoms with Crippen molar-refractivity contribution >= 4 is 6.09 Å². The van der Waals surface area contributed by atoms with Gasteiger partial charge in [-0.05, 0) is 58.2 Å². The van der Waals surface area contributed by atoms with E-state index in [4.69, 9.17) is 4.74 Å². The van der Waals surface area contributed by atoms with Crippen molar-refractivity contribution in [2.24, 2.45) is 0 Å². The molecule has 0 heterocycles. The standard InChI is InChI=1S/C17H28N2O2/c1-12-8-7-9-15(14(12)3)11-18-10-13(2)19-16(20)21-17(4,5)6/h7-9,13,18H,10-11H2,1-6H3,(H,19,20). The van der Waals surface area contributed by atoms with Crippen LogP contribution in [0.25, 0.3) is 0 Å². The predicted octanol–water partition coefficient (Wildman–Crippen LogP) is 3.31. The molecule has 0 aliphatic heterocycles. The van der Waals surface area contributed by atoms with E-state index in [1.54, 1.807) is 0 Å². The van der Waals surface area contributed by atoms with Gasteiger partial charge in [-0.15, -0.1) is 0 Å². The van der Waals surface area contributed by atoms with E-state index < -0.39 is 5.60 Å². The van der Waals surface area contributed by atoms with E-state index in [0.29, 0.717) is 6.54 Å². The normalized spacial score (nSPS) is 12.9. The zero-order valence-corrected chi connectivity index (χ0v) is 14.0. The number of aryl methyl sites for hydroxylation is 1. The molecule has 1 atom stereocenters. The van der Waals surface area contributed by atoms with Crippen LogP contribution in [0.4, 0.5) is 4.79 Å². The first-order valence-electron chi connectivity index (χ1n) is 7.44. The maximum atomic E-state index is 11.6. The third-order valence-electron chi connectivity index (χ3n) is 3.25. The summed E-state index contributed by atoms with van der Waals surface area (Å²) in [4.78, 5) is 11.6. The van der Waals surface area contributed by atoms with Crippen molar-refractivity contribution in [3.05, 3.63) is 34.9 Å². The highest BCUT2D eigenvalue weighted by Gasteiger charge is 2.17. The predicted molar refractivity (Wildman–Crippen MR) is 86.5 cm³/mol. The molecule has 4 nitrogen and oxygen atoms in total. The average molecular weight is 292 g/mol. The van der Waals surface area contributed by atoms with Crippen molar-refractivity contribution in [3.63, 3.8) is 0 Å². The molecule has 0 bridgehead atoms. The third-order valence-corrected chi connectivity index (χ3v) is 3.25. The molecule has 0 aliphatic rings. The van der Waals surface area contributed by atoms with Crippen LogP contribution in [0.5, 0.6) is 0 Å². The number of nitrogens with one attached hydrogen (secondary N) is 2. The number of carbonyl (C=O) groups is 1. The van der Waals surface area contributed by atoms with Gasteiger partial charge in [-0.2, -0.15) is 0 Å². The summed E-state index contributed by atoms with van der Waals surface area (Å²) in [5.74, 6) is 0. The highest BCUT2D eigenvalue weighted by molar-refractivity contribution is 5.68. The molecule has 4 heteroatoms. The minimum absolute atomic E-state index is 0.0185. The van der Waals surface area contributed by atoms with Gasteiger partial charge in [0, 0.05) is 19.1 Å². The Balaban J connectivity index is 2.35. The second-order valence-electron chi connectivity index (χ2n) is 6.54. The molecule has 1 amide bonds. The molecule has 118 valence electrons. The lowest BCUT2D eigenvalue weighted by molar-refractivity contribution is 0.0508. The molecule has 0 aromatic heterocycles. The van der Waals surface area contributed by atoms with Gasteiger partial charge in [0.05, 0.1) is 0 Å². The van der Waals surface area contributed by atoms with Gasteiger partial charge in [0.2, 0.25) is 0 Å². The Morgan fingerprint density at radius 1 is 1.29 bits per heavy atom. The zero-order valence-electron chi connectivity index (χ0n) is 14.0. The average Bonchev–Trinajstić information content (AvgIpc) is 2.32. The molecule has 2 N–H and O–H groups in total. The van der Waals surface area contributed by atoms with Crippen LogP contribution in [-0.4, -0.2) is 24.3 Å². The Morgan fingerprint density at radius 3 is 2.57 bits per heavy atom. The Kier molecular flexibility index (Phi) is 6.21. The van der Waals surface area contributed by atoms with Crippen LogP contribution in [0.1, 0.15) is 44.4 Å². The van der Waals surface area contributed by atoms with E-state index in [2.05, 4.69) is 42.7 Å². The Labute approximate surface area is 128 Å². The van der Waals surface area contributed by atoms with Gasteiger partial charge in [-0.3, -0.25) is 0 Å². The molecule has 0 saturated heterocycles. The quantitative estimate of drug-likeness (QED) is 0.875. The van der Waals surface area contributed by atoms with Gasteiger partial charge in [0.25, 0.3) is 0 Å². The summed E-state index contributed by atoms with van der Waals surface area (Å²) >= 11 is 0. The van der Waals surface area contributed by atoms with Gasteiger partial charge < -0.3 is 15.4 Å².